The molecule has 0 spiro atoms. The molecular formula is C19H26N2O5. The molecule has 0 aromatic heterocycles. The number of unbranched alkanes of at least 4 members (excludes halogenated alkanes) is 1. The maximum atomic E-state index is 12.7. The fourth-order valence-corrected chi connectivity index (χ4v) is 2.92. The molecule has 1 aromatic carbocycles. The summed E-state index contributed by atoms with van der Waals surface area (Å²) in [5, 5.41) is 5.57. The third-order valence-electron chi connectivity index (χ3n) is 4.18. The van der Waals surface area contributed by atoms with Gasteiger partial charge in [0.1, 0.15) is 11.5 Å². The molecule has 1 heterocycles. The van der Waals surface area contributed by atoms with E-state index in [1.807, 2.05) is 0 Å². The predicted molar refractivity (Wildman–Crippen MR) is 97.1 cm³/mol. The van der Waals surface area contributed by atoms with Gasteiger partial charge in [-0.05, 0) is 38.0 Å². The Labute approximate surface area is 153 Å². The summed E-state index contributed by atoms with van der Waals surface area (Å²) in [6.07, 6.45) is 2.37. The lowest BCUT2D eigenvalue weighted by atomic mass is 9.92. The molecular weight excluding hydrogens is 336 g/mol. The average molecular weight is 362 g/mol. The van der Waals surface area contributed by atoms with E-state index >= 15 is 0 Å². The smallest absolute Gasteiger partial charge is 0.338 e. The second-order valence-corrected chi connectivity index (χ2v) is 5.86. The lowest BCUT2D eigenvalue weighted by Crippen LogP contribution is -2.46. The number of hydrogen-bond acceptors (Lipinski definition) is 5. The number of esters is 1. The monoisotopic (exact) mass is 362 g/mol. The maximum Gasteiger partial charge on any atom is 0.338 e. The number of ether oxygens (including phenoxy) is 3. The van der Waals surface area contributed by atoms with Crippen LogP contribution in [0.2, 0.25) is 0 Å². The minimum absolute atomic E-state index is 0.249. The first-order chi connectivity index (χ1) is 12.5. The number of methoxy groups -OCH3 is 2. The Hall–Kier alpha value is -2.70. The molecule has 0 aliphatic carbocycles. The van der Waals surface area contributed by atoms with Gasteiger partial charge in [-0.2, -0.15) is 0 Å². The molecule has 1 aliphatic rings. The topological polar surface area (TPSA) is 85.9 Å². The summed E-state index contributed by atoms with van der Waals surface area (Å²) in [5.74, 6) is 0.697. The first kappa shape index (κ1) is 19.6. The van der Waals surface area contributed by atoms with Crippen LogP contribution in [0.3, 0.4) is 0 Å². The molecule has 1 atom stereocenters. The van der Waals surface area contributed by atoms with Crippen LogP contribution in [-0.4, -0.2) is 32.8 Å². The molecule has 2 amide bonds. The van der Waals surface area contributed by atoms with Crippen molar-refractivity contribution in [2.75, 3.05) is 20.8 Å². The van der Waals surface area contributed by atoms with Crippen molar-refractivity contribution in [1.29, 1.82) is 0 Å². The van der Waals surface area contributed by atoms with Gasteiger partial charge in [0.25, 0.3) is 0 Å². The van der Waals surface area contributed by atoms with Gasteiger partial charge in [0, 0.05) is 11.3 Å². The minimum Gasteiger partial charge on any atom is -0.497 e. The van der Waals surface area contributed by atoms with E-state index in [1.165, 1.54) is 0 Å². The number of allylic oxidation sites excluding steroid dienone is 1. The Morgan fingerprint density at radius 3 is 2.58 bits per heavy atom. The first-order valence-corrected chi connectivity index (χ1v) is 8.75. The van der Waals surface area contributed by atoms with Crippen molar-refractivity contribution >= 4 is 12.0 Å². The molecule has 7 nitrogen and oxygen atoms in total. The van der Waals surface area contributed by atoms with Crippen LogP contribution in [0.4, 0.5) is 4.79 Å². The summed E-state index contributed by atoms with van der Waals surface area (Å²) in [6.45, 7) is 4.05. The highest BCUT2D eigenvalue weighted by Gasteiger charge is 2.35. The van der Waals surface area contributed by atoms with Crippen LogP contribution in [0, 0.1) is 0 Å². The van der Waals surface area contributed by atoms with Gasteiger partial charge in [0.2, 0.25) is 0 Å². The van der Waals surface area contributed by atoms with Gasteiger partial charge in [-0.15, -0.1) is 0 Å². The van der Waals surface area contributed by atoms with Gasteiger partial charge in [0.05, 0.1) is 32.4 Å². The van der Waals surface area contributed by atoms with Crippen LogP contribution >= 0.6 is 0 Å². The molecule has 1 aliphatic heterocycles. The van der Waals surface area contributed by atoms with Crippen LogP contribution in [0.25, 0.3) is 0 Å². The van der Waals surface area contributed by atoms with Crippen LogP contribution in [0.5, 0.6) is 11.5 Å². The summed E-state index contributed by atoms with van der Waals surface area (Å²) < 4.78 is 16.0. The summed E-state index contributed by atoms with van der Waals surface area (Å²) >= 11 is 0. The highest BCUT2D eigenvalue weighted by atomic mass is 16.5. The molecule has 26 heavy (non-hydrogen) atoms. The molecule has 142 valence electrons. The fraction of sp³-hybridized carbons (Fsp3) is 0.474. The molecule has 0 saturated heterocycles. The molecule has 7 heteroatoms. The molecule has 1 unspecified atom stereocenters. The third-order valence-corrected chi connectivity index (χ3v) is 4.18. The van der Waals surface area contributed by atoms with Gasteiger partial charge in [-0.1, -0.05) is 13.3 Å². The lowest BCUT2D eigenvalue weighted by Gasteiger charge is -2.30. The average Bonchev–Trinajstić information content (AvgIpc) is 2.65. The van der Waals surface area contributed by atoms with E-state index in [4.69, 9.17) is 14.2 Å². The normalized spacial score (nSPS) is 16.6. The van der Waals surface area contributed by atoms with E-state index in [2.05, 4.69) is 17.6 Å². The summed E-state index contributed by atoms with van der Waals surface area (Å²) in [4.78, 5) is 24.9. The second-order valence-electron chi connectivity index (χ2n) is 5.86. The van der Waals surface area contributed by atoms with Crippen molar-refractivity contribution in [3.63, 3.8) is 0 Å². The SMILES string of the molecule is CCCCC1=C(C(=O)OCC)C(c2cc(OC)ccc2OC)NC(=O)N1. The van der Waals surface area contributed by atoms with Crippen molar-refractivity contribution in [3.05, 3.63) is 35.0 Å². The number of hydrogen-bond donors (Lipinski definition) is 2. The van der Waals surface area contributed by atoms with Gasteiger partial charge < -0.3 is 24.8 Å². The Morgan fingerprint density at radius 1 is 1.19 bits per heavy atom. The molecule has 2 N–H and O–H groups in total. The second kappa shape index (κ2) is 9.12. The predicted octanol–water partition coefficient (Wildman–Crippen LogP) is 3.07. The summed E-state index contributed by atoms with van der Waals surface area (Å²) in [7, 11) is 3.10. The quantitative estimate of drug-likeness (QED) is 0.694. The molecule has 1 aromatic rings. The van der Waals surface area contributed by atoms with Gasteiger partial charge >= 0.3 is 12.0 Å². The Balaban J connectivity index is 2.58. The van der Waals surface area contributed by atoms with E-state index in [9.17, 15) is 9.59 Å². The van der Waals surface area contributed by atoms with E-state index in [0.717, 1.165) is 12.8 Å². The van der Waals surface area contributed by atoms with E-state index in [1.54, 1.807) is 39.3 Å². The summed E-state index contributed by atoms with van der Waals surface area (Å²) in [6, 6.07) is 4.22. The highest BCUT2D eigenvalue weighted by Crippen LogP contribution is 2.36. The Kier molecular flexibility index (Phi) is 6.89. The van der Waals surface area contributed by atoms with Crippen molar-refractivity contribution in [3.8, 4) is 11.5 Å². The van der Waals surface area contributed by atoms with Crippen LogP contribution in [0.1, 0.15) is 44.7 Å². The van der Waals surface area contributed by atoms with Crippen molar-refractivity contribution in [1.82, 2.24) is 10.6 Å². The van der Waals surface area contributed by atoms with E-state index in [0.29, 0.717) is 34.8 Å². The highest BCUT2D eigenvalue weighted by molar-refractivity contribution is 5.95. The number of nitrogens with one attached hydrogen (secondary N) is 2. The van der Waals surface area contributed by atoms with Crippen molar-refractivity contribution < 1.29 is 23.8 Å². The molecule has 0 saturated carbocycles. The number of carbonyl (C=O) groups is 2. The largest absolute Gasteiger partial charge is 0.497 e. The van der Waals surface area contributed by atoms with Crippen LogP contribution < -0.4 is 20.1 Å². The molecule has 0 bridgehead atoms. The standard InChI is InChI=1S/C19H26N2O5/c1-5-7-8-14-16(18(22)26-6-2)17(21-19(23)20-14)13-11-12(24-3)9-10-15(13)25-4/h9-11,17H,5-8H2,1-4H3,(H2,20,21,23). The van der Waals surface area contributed by atoms with Gasteiger partial charge in [-0.3, -0.25) is 0 Å². The molecule has 0 fully saturated rings. The number of carbonyl (C=O) groups excluding carboxylic acids is 2. The number of amides is 2. The molecule has 2 rings (SSSR count). The maximum absolute atomic E-state index is 12.7. The zero-order chi connectivity index (χ0) is 19.1. The van der Waals surface area contributed by atoms with E-state index in [-0.39, 0.29) is 12.6 Å². The zero-order valence-electron chi connectivity index (χ0n) is 15.7. The van der Waals surface area contributed by atoms with E-state index < -0.39 is 12.0 Å². The number of rotatable bonds is 8. The zero-order valence-corrected chi connectivity index (χ0v) is 15.7. The van der Waals surface area contributed by atoms with Crippen LogP contribution in [0.15, 0.2) is 29.5 Å². The van der Waals surface area contributed by atoms with Crippen molar-refractivity contribution in [2.45, 2.75) is 39.2 Å². The van der Waals surface area contributed by atoms with Crippen molar-refractivity contribution in [2.24, 2.45) is 0 Å². The van der Waals surface area contributed by atoms with Gasteiger partial charge in [-0.25, -0.2) is 9.59 Å². The number of urea groups is 1. The number of benzene rings is 1. The third kappa shape index (κ3) is 4.28. The fourth-order valence-electron chi connectivity index (χ4n) is 2.92. The Morgan fingerprint density at radius 2 is 1.96 bits per heavy atom. The minimum atomic E-state index is -0.681. The van der Waals surface area contributed by atoms with Gasteiger partial charge in [0.15, 0.2) is 0 Å². The lowest BCUT2D eigenvalue weighted by molar-refractivity contribution is -0.139. The molecule has 0 radical (unpaired) electrons. The first-order valence-electron chi connectivity index (χ1n) is 8.75. The Bertz CT molecular complexity index is 699. The van der Waals surface area contributed by atoms with Crippen LogP contribution in [-0.2, 0) is 9.53 Å². The summed E-state index contributed by atoms with van der Waals surface area (Å²) in [5.41, 5.74) is 1.62.